The number of carbonyl (C=O) groups excluding carboxylic acids is 1. The van der Waals surface area contributed by atoms with Crippen molar-refractivity contribution in [2.45, 2.75) is 38.6 Å². The van der Waals surface area contributed by atoms with Crippen molar-refractivity contribution >= 4 is 16.8 Å². The summed E-state index contributed by atoms with van der Waals surface area (Å²) in [6.45, 7) is 3.03. The van der Waals surface area contributed by atoms with Gasteiger partial charge < -0.3 is 4.90 Å². The second-order valence-corrected chi connectivity index (χ2v) is 6.99. The fourth-order valence-electron chi connectivity index (χ4n) is 3.96. The molecule has 2 heterocycles. The molecular formula is C23H24N2O. The largest absolute Gasteiger partial charge is 0.336 e. The van der Waals surface area contributed by atoms with Gasteiger partial charge in [-0.25, -0.2) is 4.98 Å². The number of rotatable bonds is 3. The first-order chi connectivity index (χ1) is 12.8. The first-order valence-corrected chi connectivity index (χ1v) is 9.54. The molecule has 0 bridgehead atoms. The topological polar surface area (TPSA) is 33.2 Å². The van der Waals surface area contributed by atoms with Crippen molar-refractivity contribution in [2.24, 2.45) is 0 Å². The molecule has 1 amide bonds. The van der Waals surface area contributed by atoms with Gasteiger partial charge >= 0.3 is 0 Å². The van der Waals surface area contributed by atoms with Crippen LogP contribution in [0.15, 0.2) is 60.7 Å². The van der Waals surface area contributed by atoms with E-state index in [9.17, 15) is 4.79 Å². The van der Waals surface area contributed by atoms with Crippen LogP contribution in [0.2, 0.25) is 0 Å². The summed E-state index contributed by atoms with van der Waals surface area (Å²) in [7, 11) is 0. The molecule has 26 heavy (non-hydrogen) atoms. The Kier molecular flexibility index (Phi) is 4.70. The molecule has 1 aliphatic rings. The number of piperidine rings is 1. The quantitative estimate of drug-likeness (QED) is 0.645. The van der Waals surface area contributed by atoms with Crippen molar-refractivity contribution in [3.8, 4) is 11.3 Å². The van der Waals surface area contributed by atoms with Crippen LogP contribution in [0.3, 0.4) is 0 Å². The Hall–Kier alpha value is -2.68. The maximum atomic E-state index is 13.5. The highest BCUT2D eigenvalue weighted by atomic mass is 16.2. The summed E-state index contributed by atoms with van der Waals surface area (Å²) >= 11 is 0. The predicted molar refractivity (Wildman–Crippen MR) is 106 cm³/mol. The van der Waals surface area contributed by atoms with Gasteiger partial charge in [0.25, 0.3) is 5.91 Å². The zero-order chi connectivity index (χ0) is 17.9. The Morgan fingerprint density at radius 3 is 2.65 bits per heavy atom. The maximum absolute atomic E-state index is 13.5. The monoisotopic (exact) mass is 344 g/mol. The van der Waals surface area contributed by atoms with Crippen LogP contribution >= 0.6 is 0 Å². The number of hydrogen-bond donors (Lipinski definition) is 0. The second-order valence-electron chi connectivity index (χ2n) is 6.99. The van der Waals surface area contributed by atoms with E-state index in [0.717, 1.165) is 53.5 Å². The van der Waals surface area contributed by atoms with Gasteiger partial charge in [0.15, 0.2) is 0 Å². The van der Waals surface area contributed by atoms with Crippen LogP contribution in [0.4, 0.5) is 0 Å². The molecule has 3 nitrogen and oxygen atoms in total. The molecule has 0 saturated carbocycles. The molecule has 0 radical (unpaired) electrons. The van der Waals surface area contributed by atoms with Crippen molar-refractivity contribution in [3.05, 3.63) is 66.2 Å². The molecule has 4 rings (SSSR count). The van der Waals surface area contributed by atoms with Crippen molar-refractivity contribution in [3.63, 3.8) is 0 Å². The average Bonchev–Trinajstić information content (AvgIpc) is 2.73. The lowest BCUT2D eigenvalue weighted by Gasteiger charge is -2.35. The van der Waals surface area contributed by atoms with Gasteiger partial charge in [0, 0.05) is 23.5 Å². The third kappa shape index (κ3) is 3.10. The van der Waals surface area contributed by atoms with Crippen molar-refractivity contribution in [2.75, 3.05) is 6.54 Å². The molecule has 1 unspecified atom stereocenters. The van der Waals surface area contributed by atoms with Gasteiger partial charge in [0.2, 0.25) is 0 Å². The van der Waals surface area contributed by atoms with E-state index in [2.05, 4.69) is 11.8 Å². The SMILES string of the molecule is CCC1CCCCN1C(=O)c1cc(-c2ccccc2)nc2ccccc12. The lowest BCUT2D eigenvalue weighted by atomic mass is 9.97. The summed E-state index contributed by atoms with van der Waals surface area (Å²) in [6.07, 6.45) is 4.43. The second kappa shape index (κ2) is 7.28. The molecule has 1 fully saturated rings. The molecule has 1 aliphatic heterocycles. The molecular weight excluding hydrogens is 320 g/mol. The number of aromatic nitrogens is 1. The van der Waals surface area contributed by atoms with E-state index in [0.29, 0.717) is 6.04 Å². The minimum Gasteiger partial charge on any atom is -0.336 e. The van der Waals surface area contributed by atoms with E-state index in [1.807, 2.05) is 60.7 Å². The third-order valence-corrected chi connectivity index (χ3v) is 5.38. The average molecular weight is 344 g/mol. The minimum absolute atomic E-state index is 0.146. The number of nitrogens with zero attached hydrogens (tertiary/aromatic N) is 2. The Balaban J connectivity index is 1.84. The number of amides is 1. The van der Waals surface area contributed by atoms with Crippen LogP contribution < -0.4 is 0 Å². The Morgan fingerprint density at radius 1 is 1.08 bits per heavy atom. The number of pyridine rings is 1. The number of likely N-dealkylation sites (tertiary alicyclic amines) is 1. The van der Waals surface area contributed by atoms with E-state index >= 15 is 0 Å². The molecule has 0 N–H and O–H groups in total. The zero-order valence-electron chi connectivity index (χ0n) is 15.2. The molecule has 0 spiro atoms. The number of para-hydroxylation sites is 1. The number of fused-ring (bicyclic) bond motifs is 1. The molecule has 2 aromatic carbocycles. The van der Waals surface area contributed by atoms with Crippen LogP contribution in [0.25, 0.3) is 22.2 Å². The molecule has 0 aliphatic carbocycles. The van der Waals surface area contributed by atoms with Crippen molar-refractivity contribution in [1.82, 2.24) is 9.88 Å². The van der Waals surface area contributed by atoms with E-state index < -0.39 is 0 Å². The van der Waals surface area contributed by atoms with E-state index in [4.69, 9.17) is 4.98 Å². The Morgan fingerprint density at radius 2 is 1.85 bits per heavy atom. The van der Waals surface area contributed by atoms with E-state index in [1.165, 1.54) is 6.42 Å². The van der Waals surface area contributed by atoms with Crippen LogP contribution in [-0.4, -0.2) is 28.4 Å². The van der Waals surface area contributed by atoms with Gasteiger partial charge in [-0.2, -0.15) is 0 Å². The fourth-order valence-corrected chi connectivity index (χ4v) is 3.96. The summed E-state index contributed by atoms with van der Waals surface area (Å²) in [5, 5.41) is 0.942. The van der Waals surface area contributed by atoms with Crippen molar-refractivity contribution in [1.29, 1.82) is 0 Å². The Bertz CT molecular complexity index is 920. The minimum atomic E-state index is 0.146. The summed E-state index contributed by atoms with van der Waals surface area (Å²) in [5.41, 5.74) is 3.55. The first-order valence-electron chi connectivity index (χ1n) is 9.54. The standard InChI is InChI=1S/C23H24N2O/c1-2-18-12-8-9-15-25(18)23(26)20-16-22(17-10-4-3-5-11-17)24-21-14-7-6-13-19(20)21/h3-7,10-11,13-14,16,18H,2,8-9,12,15H2,1H3. The van der Waals surface area contributed by atoms with Gasteiger partial charge in [-0.3, -0.25) is 4.79 Å². The molecule has 1 saturated heterocycles. The summed E-state index contributed by atoms with van der Waals surface area (Å²) in [6, 6.07) is 20.4. The lowest BCUT2D eigenvalue weighted by molar-refractivity contribution is 0.0610. The van der Waals surface area contributed by atoms with Crippen LogP contribution in [0.1, 0.15) is 43.0 Å². The molecule has 1 aromatic heterocycles. The third-order valence-electron chi connectivity index (χ3n) is 5.38. The van der Waals surface area contributed by atoms with Gasteiger partial charge in [-0.05, 0) is 37.8 Å². The summed E-state index contributed by atoms with van der Waals surface area (Å²) in [5.74, 6) is 0.146. The van der Waals surface area contributed by atoms with Gasteiger partial charge in [0.05, 0.1) is 16.8 Å². The zero-order valence-corrected chi connectivity index (χ0v) is 15.2. The smallest absolute Gasteiger partial charge is 0.254 e. The number of carbonyl (C=O) groups is 1. The van der Waals surface area contributed by atoms with E-state index in [-0.39, 0.29) is 5.91 Å². The molecule has 132 valence electrons. The Labute approximate surface area is 154 Å². The molecule has 1 atom stereocenters. The number of hydrogen-bond acceptors (Lipinski definition) is 2. The normalized spacial score (nSPS) is 17.4. The highest BCUT2D eigenvalue weighted by Crippen LogP contribution is 2.28. The molecule has 3 heteroatoms. The van der Waals surface area contributed by atoms with Crippen molar-refractivity contribution < 1.29 is 4.79 Å². The highest BCUT2D eigenvalue weighted by Gasteiger charge is 2.27. The first kappa shape index (κ1) is 16.8. The van der Waals surface area contributed by atoms with Gasteiger partial charge in [-0.15, -0.1) is 0 Å². The lowest BCUT2D eigenvalue weighted by Crippen LogP contribution is -2.43. The van der Waals surface area contributed by atoms with Gasteiger partial charge in [-0.1, -0.05) is 55.5 Å². The van der Waals surface area contributed by atoms with Crippen LogP contribution in [-0.2, 0) is 0 Å². The van der Waals surface area contributed by atoms with Crippen LogP contribution in [0, 0.1) is 0 Å². The fraction of sp³-hybridized carbons (Fsp3) is 0.304. The maximum Gasteiger partial charge on any atom is 0.254 e. The predicted octanol–water partition coefficient (Wildman–Crippen LogP) is 5.31. The van der Waals surface area contributed by atoms with E-state index in [1.54, 1.807) is 0 Å². The number of benzene rings is 2. The van der Waals surface area contributed by atoms with Crippen LogP contribution in [0.5, 0.6) is 0 Å². The van der Waals surface area contributed by atoms with Gasteiger partial charge in [0.1, 0.15) is 0 Å². The summed E-state index contributed by atoms with van der Waals surface area (Å²) in [4.78, 5) is 20.4. The molecule has 3 aromatic rings. The highest BCUT2D eigenvalue weighted by molar-refractivity contribution is 6.07. The summed E-state index contributed by atoms with van der Waals surface area (Å²) < 4.78 is 0.